The van der Waals surface area contributed by atoms with Gasteiger partial charge in [-0.2, -0.15) is 0 Å². The van der Waals surface area contributed by atoms with Crippen molar-refractivity contribution >= 4 is 54.9 Å². The molecule has 0 aliphatic carbocycles. The molecule has 0 radical (unpaired) electrons. The fraction of sp³-hybridized carbons (Fsp3) is 0. The van der Waals surface area contributed by atoms with Crippen LogP contribution in [0, 0.1) is 0 Å². The number of furan rings is 1. The summed E-state index contributed by atoms with van der Waals surface area (Å²) < 4.78 is 6.57. The van der Waals surface area contributed by atoms with Gasteiger partial charge in [0.1, 0.15) is 11.2 Å². The van der Waals surface area contributed by atoms with E-state index in [0.29, 0.717) is 0 Å². The Balaban J connectivity index is 1.60. The normalized spacial score (nSPS) is 11.5. The molecule has 7 rings (SSSR count). The molecule has 2 nitrogen and oxygen atoms in total. The van der Waals surface area contributed by atoms with Crippen molar-refractivity contribution in [1.29, 1.82) is 0 Å². The molecule has 0 amide bonds. The molecule has 0 saturated carbocycles. The number of hydrogen-bond acceptors (Lipinski definition) is 2. The van der Waals surface area contributed by atoms with Crippen molar-refractivity contribution in [2.75, 3.05) is 5.32 Å². The highest BCUT2D eigenvalue weighted by Gasteiger charge is 2.17. The quantitative estimate of drug-likeness (QED) is 0.299. The third-order valence-corrected chi connectivity index (χ3v) is 6.60. The van der Waals surface area contributed by atoms with E-state index in [-0.39, 0.29) is 0 Å². The van der Waals surface area contributed by atoms with Crippen molar-refractivity contribution in [2.45, 2.75) is 0 Å². The second-order valence-corrected chi connectivity index (χ2v) is 8.68. The lowest BCUT2D eigenvalue weighted by molar-refractivity contribution is 0.670. The van der Waals surface area contributed by atoms with E-state index in [4.69, 9.17) is 4.42 Å². The molecule has 7 aromatic rings. The van der Waals surface area contributed by atoms with Gasteiger partial charge < -0.3 is 9.73 Å². The van der Waals surface area contributed by atoms with Crippen molar-refractivity contribution in [3.63, 3.8) is 0 Å². The summed E-state index contributed by atoms with van der Waals surface area (Å²) in [5, 5.41) is 10.8. The lowest BCUT2D eigenvalue weighted by Crippen LogP contribution is -1.91. The second-order valence-electron chi connectivity index (χ2n) is 8.68. The fourth-order valence-corrected chi connectivity index (χ4v) is 5.07. The van der Waals surface area contributed by atoms with Crippen molar-refractivity contribution in [1.82, 2.24) is 0 Å². The molecule has 0 aliphatic rings. The zero-order valence-electron chi connectivity index (χ0n) is 18.5. The Morgan fingerprint density at radius 1 is 0.471 bits per heavy atom. The van der Waals surface area contributed by atoms with Gasteiger partial charge in [-0.15, -0.1) is 0 Å². The molecule has 0 aliphatic heterocycles. The zero-order chi connectivity index (χ0) is 22.5. The fourth-order valence-electron chi connectivity index (χ4n) is 5.07. The van der Waals surface area contributed by atoms with E-state index in [2.05, 4.69) is 108 Å². The summed E-state index contributed by atoms with van der Waals surface area (Å²) in [6.07, 6.45) is 0. The number of hydrogen-bond donors (Lipinski definition) is 1. The monoisotopic (exact) mass is 435 g/mol. The number of anilines is 2. The first-order valence-electron chi connectivity index (χ1n) is 11.5. The molecule has 0 bridgehead atoms. The van der Waals surface area contributed by atoms with E-state index in [0.717, 1.165) is 38.9 Å². The van der Waals surface area contributed by atoms with Crippen LogP contribution in [-0.4, -0.2) is 0 Å². The predicted molar refractivity (Wildman–Crippen MR) is 144 cm³/mol. The average molecular weight is 436 g/mol. The van der Waals surface area contributed by atoms with Crippen LogP contribution >= 0.6 is 0 Å². The Hall–Kier alpha value is -4.56. The summed E-state index contributed by atoms with van der Waals surface area (Å²) in [7, 11) is 0. The van der Waals surface area contributed by atoms with E-state index >= 15 is 0 Å². The molecule has 34 heavy (non-hydrogen) atoms. The standard InChI is InChI=1S/C32H21NO/c1-2-12-23(13-3-1)33-24-19-28(27-16-8-11-21-9-4-6-14-25(21)27)32-29(20-24)31-26-15-7-5-10-22(26)17-18-30(31)34-32/h1-20,33H. The molecule has 2 heteroatoms. The van der Waals surface area contributed by atoms with Crippen LogP contribution in [-0.2, 0) is 0 Å². The molecule has 0 atom stereocenters. The number of benzene rings is 6. The lowest BCUT2D eigenvalue weighted by atomic mass is 9.95. The van der Waals surface area contributed by atoms with E-state index in [1.165, 1.54) is 27.1 Å². The third kappa shape index (κ3) is 2.96. The van der Waals surface area contributed by atoms with Gasteiger partial charge in [0, 0.05) is 27.7 Å². The molecule has 0 spiro atoms. The number of rotatable bonds is 3. The van der Waals surface area contributed by atoms with E-state index in [9.17, 15) is 0 Å². The molecule has 0 fully saturated rings. The first kappa shape index (κ1) is 19.0. The SMILES string of the molecule is c1ccc(Nc2cc(-c3cccc4ccccc34)c3oc4ccc5ccccc5c4c3c2)cc1. The summed E-state index contributed by atoms with van der Waals surface area (Å²) >= 11 is 0. The summed E-state index contributed by atoms with van der Waals surface area (Å²) in [6.45, 7) is 0. The zero-order valence-corrected chi connectivity index (χ0v) is 18.5. The van der Waals surface area contributed by atoms with Gasteiger partial charge in [-0.05, 0) is 57.4 Å². The maximum atomic E-state index is 6.57. The second kappa shape index (κ2) is 7.50. The summed E-state index contributed by atoms with van der Waals surface area (Å²) in [5.41, 5.74) is 6.19. The molecule has 0 unspecified atom stereocenters. The molecule has 1 heterocycles. The van der Waals surface area contributed by atoms with Gasteiger partial charge in [-0.25, -0.2) is 0 Å². The predicted octanol–water partition coefficient (Wildman–Crippen LogP) is 9.30. The highest BCUT2D eigenvalue weighted by molar-refractivity contribution is 6.22. The Kier molecular flexibility index (Phi) is 4.18. The Morgan fingerprint density at radius 3 is 2.03 bits per heavy atom. The average Bonchev–Trinajstić information content (AvgIpc) is 3.28. The highest BCUT2D eigenvalue weighted by Crippen LogP contribution is 2.43. The minimum absolute atomic E-state index is 0.909. The van der Waals surface area contributed by atoms with Crippen LogP contribution in [0.5, 0.6) is 0 Å². The first-order valence-corrected chi connectivity index (χ1v) is 11.5. The summed E-state index contributed by atoms with van der Waals surface area (Å²) in [5.74, 6) is 0. The minimum atomic E-state index is 0.909. The summed E-state index contributed by atoms with van der Waals surface area (Å²) in [4.78, 5) is 0. The Labute approximate surface area is 197 Å². The molecule has 0 saturated heterocycles. The topological polar surface area (TPSA) is 25.2 Å². The molecule has 160 valence electrons. The molecule has 6 aromatic carbocycles. The van der Waals surface area contributed by atoms with Gasteiger partial charge in [-0.1, -0.05) is 91.0 Å². The maximum absolute atomic E-state index is 6.57. The van der Waals surface area contributed by atoms with Gasteiger partial charge in [-0.3, -0.25) is 0 Å². The van der Waals surface area contributed by atoms with E-state index in [1.54, 1.807) is 0 Å². The van der Waals surface area contributed by atoms with Crippen molar-refractivity contribution in [3.05, 3.63) is 121 Å². The largest absolute Gasteiger partial charge is 0.455 e. The minimum Gasteiger partial charge on any atom is -0.455 e. The van der Waals surface area contributed by atoms with Crippen LogP contribution in [0.25, 0.3) is 54.6 Å². The van der Waals surface area contributed by atoms with Crippen LogP contribution in [0.15, 0.2) is 126 Å². The molecule has 1 aromatic heterocycles. The van der Waals surface area contributed by atoms with Gasteiger partial charge in [0.2, 0.25) is 0 Å². The molecular weight excluding hydrogens is 414 g/mol. The number of fused-ring (bicyclic) bond motifs is 6. The van der Waals surface area contributed by atoms with Crippen molar-refractivity contribution in [3.8, 4) is 11.1 Å². The first-order chi connectivity index (χ1) is 16.8. The molecular formula is C32H21NO. The van der Waals surface area contributed by atoms with Gasteiger partial charge in [0.05, 0.1) is 0 Å². The van der Waals surface area contributed by atoms with Crippen LogP contribution in [0.4, 0.5) is 11.4 Å². The van der Waals surface area contributed by atoms with Crippen LogP contribution in [0.1, 0.15) is 0 Å². The van der Waals surface area contributed by atoms with Gasteiger partial charge >= 0.3 is 0 Å². The van der Waals surface area contributed by atoms with E-state index in [1.807, 2.05) is 18.2 Å². The summed E-state index contributed by atoms with van der Waals surface area (Å²) in [6, 6.07) is 42.5. The van der Waals surface area contributed by atoms with Gasteiger partial charge in [0.25, 0.3) is 0 Å². The van der Waals surface area contributed by atoms with Gasteiger partial charge in [0.15, 0.2) is 0 Å². The lowest BCUT2D eigenvalue weighted by Gasteiger charge is -2.12. The maximum Gasteiger partial charge on any atom is 0.143 e. The van der Waals surface area contributed by atoms with Crippen molar-refractivity contribution < 1.29 is 4.42 Å². The highest BCUT2D eigenvalue weighted by atomic mass is 16.3. The number of nitrogens with one attached hydrogen (secondary N) is 1. The molecule has 1 N–H and O–H groups in total. The smallest absolute Gasteiger partial charge is 0.143 e. The third-order valence-electron chi connectivity index (χ3n) is 6.60. The van der Waals surface area contributed by atoms with Crippen LogP contribution < -0.4 is 5.32 Å². The Morgan fingerprint density at radius 2 is 1.18 bits per heavy atom. The van der Waals surface area contributed by atoms with Crippen LogP contribution in [0.3, 0.4) is 0 Å². The Bertz CT molecular complexity index is 1820. The van der Waals surface area contributed by atoms with E-state index < -0.39 is 0 Å². The number of para-hydroxylation sites is 1. The van der Waals surface area contributed by atoms with Crippen molar-refractivity contribution in [2.24, 2.45) is 0 Å². The van der Waals surface area contributed by atoms with Crippen LogP contribution in [0.2, 0.25) is 0 Å².